The van der Waals surface area contributed by atoms with Crippen molar-refractivity contribution >= 4 is 5.78 Å². The van der Waals surface area contributed by atoms with Crippen molar-refractivity contribution in [2.75, 3.05) is 20.4 Å². The number of ketones is 1. The van der Waals surface area contributed by atoms with Crippen molar-refractivity contribution in [2.24, 2.45) is 5.73 Å². The molecule has 0 atom stereocenters. The minimum absolute atomic E-state index is 0.0389. The number of hydrogen-bond acceptors (Lipinski definition) is 5. The van der Waals surface area contributed by atoms with Crippen molar-refractivity contribution in [1.29, 1.82) is 0 Å². The lowest BCUT2D eigenvalue weighted by molar-refractivity contribution is 0.100. The van der Waals surface area contributed by atoms with Crippen LogP contribution in [0.2, 0.25) is 0 Å². The van der Waals surface area contributed by atoms with Gasteiger partial charge in [0.25, 0.3) is 0 Å². The fourth-order valence-corrected chi connectivity index (χ4v) is 1.41. The summed E-state index contributed by atoms with van der Waals surface area (Å²) < 4.78 is 15.5. The summed E-state index contributed by atoms with van der Waals surface area (Å²) in [7, 11) is 1.51. The zero-order chi connectivity index (χ0) is 10.8. The molecule has 5 nitrogen and oxygen atoms in total. The molecule has 0 aromatic heterocycles. The SMILES string of the molecule is COc1cc(C(=O)CN)cc2c1OCO2. The normalized spacial score (nSPS) is 12.7. The van der Waals surface area contributed by atoms with Crippen LogP contribution in [-0.2, 0) is 0 Å². The molecule has 0 bridgehead atoms. The second kappa shape index (κ2) is 3.78. The van der Waals surface area contributed by atoms with Crippen LogP contribution in [0.15, 0.2) is 12.1 Å². The Labute approximate surface area is 86.7 Å². The van der Waals surface area contributed by atoms with Crippen LogP contribution in [0.5, 0.6) is 17.2 Å². The van der Waals surface area contributed by atoms with E-state index in [9.17, 15) is 4.79 Å². The summed E-state index contributed by atoms with van der Waals surface area (Å²) in [5.41, 5.74) is 5.75. The Morgan fingerprint density at radius 1 is 1.53 bits per heavy atom. The van der Waals surface area contributed by atoms with Crippen molar-refractivity contribution < 1.29 is 19.0 Å². The summed E-state index contributed by atoms with van der Waals surface area (Å²) in [4.78, 5) is 11.4. The summed E-state index contributed by atoms with van der Waals surface area (Å²) in [5, 5.41) is 0. The molecule has 2 rings (SSSR count). The first-order valence-corrected chi connectivity index (χ1v) is 4.47. The van der Waals surface area contributed by atoms with E-state index in [4.69, 9.17) is 19.9 Å². The van der Waals surface area contributed by atoms with Gasteiger partial charge in [-0.1, -0.05) is 0 Å². The molecule has 0 radical (unpaired) electrons. The molecule has 0 unspecified atom stereocenters. The maximum absolute atomic E-state index is 11.4. The lowest BCUT2D eigenvalue weighted by Gasteiger charge is -2.06. The van der Waals surface area contributed by atoms with Gasteiger partial charge in [-0.05, 0) is 12.1 Å². The van der Waals surface area contributed by atoms with E-state index in [1.165, 1.54) is 7.11 Å². The molecule has 0 saturated carbocycles. The number of nitrogens with two attached hydrogens (primary N) is 1. The van der Waals surface area contributed by atoms with Gasteiger partial charge < -0.3 is 19.9 Å². The molecule has 1 heterocycles. The van der Waals surface area contributed by atoms with Gasteiger partial charge in [-0.15, -0.1) is 0 Å². The molecular weight excluding hydrogens is 198 g/mol. The van der Waals surface area contributed by atoms with E-state index < -0.39 is 0 Å². The standard InChI is InChI=1S/C10H11NO4/c1-13-8-2-6(7(12)4-11)3-9-10(8)15-5-14-9/h2-3H,4-5,11H2,1H3. The maximum atomic E-state index is 11.4. The minimum atomic E-state index is -0.161. The molecule has 2 N–H and O–H groups in total. The molecule has 0 amide bonds. The van der Waals surface area contributed by atoms with Crippen molar-refractivity contribution in [2.45, 2.75) is 0 Å². The van der Waals surface area contributed by atoms with Gasteiger partial charge in [-0.3, -0.25) is 4.79 Å². The Kier molecular flexibility index (Phi) is 2.47. The number of methoxy groups -OCH3 is 1. The Balaban J connectivity index is 2.48. The number of ether oxygens (including phenoxy) is 3. The topological polar surface area (TPSA) is 70.8 Å². The van der Waals surface area contributed by atoms with Gasteiger partial charge in [0.05, 0.1) is 13.7 Å². The summed E-state index contributed by atoms with van der Waals surface area (Å²) in [6.07, 6.45) is 0. The highest BCUT2D eigenvalue weighted by Crippen LogP contribution is 2.41. The molecule has 80 valence electrons. The fraction of sp³-hybridized carbons (Fsp3) is 0.300. The highest BCUT2D eigenvalue weighted by Gasteiger charge is 2.21. The fourth-order valence-electron chi connectivity index (χ4n) is 1.41. The van der Waals surface area contributed by atoms with E-state index in [-0.39, 0.29) is 19.1 Å². The third-order valence-electron chi connectivity index (χ3n) is 2.17. The Morgan fingerprint density at radius 2 is 2.33 bits per heavy atom. The van der Waals surface area contributed by atoms with Gasteiger partial charge in [-0.2, -0.15) is 0 Å². The van der Waals surface area contributed by atoms with E-state index in [1.54, 1.807) is 12.1 Å². The van der Waals surface area contributed by atoms with Gasteiger partial charge in [-0.25, -0.2) is 0 Å². The lowest BCUT2D eigenvalue weighted by Crippen LogP contribution is -2.13. The average molecular weight is 209 g/mol. The van der Waals surface area contributed by atoms with Crippen LogP contribution in [-0.4, -0.2) is 26.2 Å². The first kappa shape index (κ1) is 9.79. The van der Waals surface area contributed by atoms with Crippen LogP contribution in [0.25, 0.3) is 0 Å². The molecule has 1 aliphatic heterocycles. The van der Waals surface area contributed by atoms with E-state index in [1.807, 2.05) is 0 Å². The molecule has 0 spiro atoms. The van der Waals surface area contributed by atoms with E-state index in [2.05, 4.69) is 0 Å². The van der Waals surface area contributed by atoms with Crippen LogP contribution in [0, 0.1) is 0 Å². The van der Waals surface area contributed by atoms with Gasteiger partial charge in [0.2, 0.25) is 12.5 Å². The Morgan fingerprint density at radius 3 is 3.00 bits per heavy atom. The van der Waals surface area contributed by atoms with Gasteiger partial charge in [0.1, 0.15) is 0 Å². The molecule has 1 aliphatic rings. The largest absolute Gasteiger partial charge is 0.493 e. The van der Waals surface area contributed by atoms with E-state index in [0.717, 1.165) is 0 Å². The third-order valence-corrected chi connectivity index (χ3v) is 2.17. The number of fused-ring (bicyclic) bond motifs is 1. The van der Waals surface area contributed by atoms with Crippen molar-refractivity contribution in [3.63, 3.8) is 0 Å². The second-order valence-corrected chi connectivity index (χ2v) is 3.04. The molecule has 0 aliphatic carbocycles. The average Bonchev–Trinajstić information content (AvgIpc) is 2.74. The lowest BCUT2D eigenvalue weighted by atomic mass is 10.1. The summed E-state index contributed by atoms with van der Waals surface area (Å²) in [5.74, 6) is 1.38. The quantitative estimate of drug-likeness (QED) is 0.737. The van der Waals surface area contributed by atoms with Crippen molar-refractivity contribution in [1.82, 2.24) is 0 Å². The number of benzene rings is 1. The monoisotopic (exact) mass is 209 g/mol. The molecule has 1 aromatic rings. The smallest absolute Gasteiger partial charge is 0.231 e. The van der Waals surface area contributed by atoms with Crippen LogP contribution < -0.4 is 19.9 Å². The van der Waals surface area contributed by atoms with Gasteiger partial charge in [0, 0.05) is 5.56 Å². The molecule has 15 heavy (non-hydrogen) atoms. The van der Waals surface area contributed by atoms with Crippen molar-refractivity contribution in [3.8, 4) is 17.2 Å². The molecule has 1 aromatic carbocycles. The third kappa shape index (κ3) is 1.61. The summed E-state index contributed by atoms with van der Waals surface area (Å²) in [6, 6.07) is 3.21. The molecule has 0 fully saturated rings. The zero-order valence-electron chi connectivity index (χ0n) is 8.28. The molecule has 5 heteroatoms. The molecular formula is C10H11NO4. The Hall–Kier alpha value is -1.75. The van der Waals surface area contributed by atoms with Crippen LogP contribution >= 0.6 is 0 Å². The minimum Gasteiger partial charge on any atom is -0.493 e. The van der Waals surface area contributed by atoms with Gasteiger partial charge >= 0.3 is 0 Å². The second-order valence-electron chi connectivity index (χ2n) is 3.04. The highest BCUT2D eigenvalue weighted by atomic mass is 16.7. The number of rotatable bonds is 3. The van der Waals surface area contributed by atoms with Crippen LogP contribution in [0.1, 0.15) is 10.4 Å². The van der Waals surface area contributed by atoms with Crippen LogP contribution in [0.3, 0.4) is 0 Å². The first-order valence-electron chi connectivity index (χ1n) is 4.47. The van der Waals surface area contributed by atoms with Crippen molar-refractivity contribution in [3.05, 3.63) is 17.7 Å². The maximum Gasteiger partial charge on any atom is 0.231 e. The number of carbonyl (C=O) groups is 1. The number of carbonyl (C=O) groups excluding carboxylic acids is 1. The van der Waals surface area contributed by atoms with E-state index in [0.29, 0.717) is 22.8 Å². The predicted octanol–water partition coefficient (Wildman–Crippen LogP) is 0.565. The first-order chi connectivity index (χ1) is 7.26. The summed E-state index contributed by atoms with van der Waals surface area (Å²) >= 11 is 0. The molecule has 0 saturated heterocycles. The Bertz CT molecular complexity index is 403. The summed E-state index contributed by atoms with van der Waals surface area (Å²) in [6.45, 7) is 0.106. The number of hydrogen-bond donors (Lipinski definition) is 1. The highest BCUT2D eigenvalue weighted by molar-refractivity contribution is 5.98. The van der Waals surface area contributed by atoms with Gasteiger partial charge in [0.15, 0.2) is 17.3 Å². The van der Waals surface area contributed by atoms with E-state index >= 15 is 0 Å². The zero-order valence-corrected chi connectivity index (χ0v) is 8.28. The van der Waals surface area contributed by atoms with Crippen LogP contribution in [0.4, 0.5) is 0 Å². The predicted molar refractivity (Wildman–Crippen MR) is 52.5 cm³/mol. The number of Topliss-reactive ketones (excluding diaryl/α,β-unsaturated/α-hetero) is 1.